The Morgan fingerprint density at radius 1 is 1.36 bits per heavy atom. The minimum atomic E-state index is -0.408. The van der Waals surface area contributed by atoms with Crippen molar-refractivity contribution in [3.05, 3.63) is 41.5 Å². The maximum Gasteiger partial charge on any atom is 0.249 e. The minimum Gasteiger partial charge on any atom is -0.366 e. The van der Waals surface area contributed by atoms with E-state index in [4.69, 9.17) is 5.73 Å². The number of carbonyl (C=O) groups is 1. The van der Waals surface area contributed by atoms with E-state index < -0.39 is 5.91 Å². The van der Waals surface area contributed by atoms with Crippen molar-refractivity contribution in [3.8, 4) is 10.4 Å². The molecule has 1 aromatic carbocycles. The topological polar surface area (TPSA) is 56.0 Å². The largest absolute Gasteiger partial charge is 0.366 e. The lowest BCUT2D eigenvalue weighted by Gasteiger charge is -2.02. The van der Waals surface area contributed by atoms with Crippen molar-refractivity contribution in [2.75, 3.05) is 0 Å². The maximum absolute atomic E-state index is 11.1. The van der Waals surface area contributed by atoms with Crippen molar-refractivity contribution in [2.45, 2.75) is 0 Å². The van der Waals surface area contributed by atoms with E-state index in [0.717, 1.165) is 10.4 Å². The molecular formula is C10H8N2OS. The van der Waals surface area contributed by atoms with Crippen LogP contribution in [0.4, 0.5) is 0 Å². The summed E-state index contributed by atoms with van der Waals surface area (Å²) in [5.41, 5.74) is 8.38. The molecule has 0 fully saturated rings. The Balaban J connectivity index is 2.58. The number of benzene rings is 1. The van der Waals surface area contributed by atoms with Crippen molar-refractivity contribution in [1.29, 1.82) is 0 Å². The lowest BCUT2D eigenvalue weighted by Crippen LogP contribution is -2.11. The SMILES string of the molecule is NC(=O)c1ccccc1-c1cncs1. The van der Waals surface area contributed by atoms with E-state index in [1.54, 1.807) is 23.8 Å². The van der Waals surface area contributed by atoms with E-state index in [0.29, 0.717) is 5.56 Å². The molecule has 2 rings (SSSR count). The fraction of sp³-hybridized carbons (Fsp3) is 0. The second-order valence-electron chi connectivity index (χ2n) is 2.78. The fourth-order valence-corrected chi connectivity index (χ4v) is 1.92. The summed E-state index contributed by atoms with van der Waals surface area (Å²) in [5.74, 6) is -0.408. The number of amides is 1. The molecule has 0 aliphatic heterocycles. The zero-order valence-electron chi connectivity index (χ0n) is 7.31. The van der Waals surface area contributed by atoms with Crippen molar-refractivity contribution < 1.29 is 4.79 Å². The van der Waals surface area contributed by atoms with Gasteiger partial charge >= 0.3 is 0 Å². The van der Waals surface area contributed by atoms with Crippen LogP contribution in [0.5, 0.6) is 0 Å². The van der Waals surface area contributed by atoms with Gasteiger partial charge in [0, 0.05) is 17.3 Å². The molecule has 2 aromatic rings. The zero-order valence-corrected chi connectivity index (χ0v) is 8.12. The van der Waals surface area contributed by atoms with Gasteiger partial charge in [0.2, 0.25) is 5.91 Å². The second-order valence-corrected chi connectivity index (χ2v) is 3.66. The third-order valence-corrected chi connectivity index (χ3v) is 2.70. The Morgan fingerprint density at radius 3 is 2.79 bits per heavy atom. The molecule has 0 saturated carbocycles. The van der Waals surface area contributed by atoms with Gasteiger partial charge < -0.3 is 5.73 Å². The lowest BCUT2D eigenvalue weighted by molar-refractivity contribution is 0.100. The van der Waals surface area contributed by atoms with Gasteiger partial charge in [0.15, 0.2) is 0 Å². The molecule has 0 atom stereocenters. The van der Waals surface area contributed by atoms with Crippen molar-refractivity contribution in [1.82, 2.24) is 4.98 Å². The van der Waals surface area contributed by atoms with E-state index in [2.05, 4.69) is 4.98 Å². The summed E-state index contributed by atoms with van der Waals surface area (Å²) in [6, 6.07) is 7.26. The van der Waals surface area contributed by atoms with Crippen LogP contribution in [0, 0.1) is 0 Å². The number of carbonyl (C=O) groups excluding carboxylic acids is 1. The zero-order chi connectivity index (χ0) is 9.97. The summed E-state index contributed by atoms with van der Waals surface area (Å²) in [6.45, 7) is 0. The third-order valence-electron chi connectivity index (χ3n) is 1.89. The van der Waals surface area contributed by atoms with E-state index in [-0.39, 0.29) is 0 Å². The quantitative estimate of drug-likeness (QED) is 0.812. The number of thiazole rings is 1. The number of hydrogen-bond donors (Lipinski definition) is 1. The van der Waals surface area contributed by atoms with Gasteiger partial charge in [0.25, 0.3) is 0 Å². The summed E-state index contributed by atoms with van der Waals surface area (Å²) >= 11 is 1.49. The molecule has 0 aliphatic rings. The van der Waals surface area contributed by atoms with Crippen LogP contribution in [0.1, 0.15) is 10.4 Å². The van der Waals surface area contributed by atoms with Crippen LogP contribution in [-0.4, -0.2) is 10.9 Å². The Kier molecular flexibility index (Phi) is 2.28. The summed E-state index contributed by atoms with van der Waals surface area (Å²) < 4.78 is 0. The van der Waals surface area contributed by atoms with Gasteiger partial charge in [-0.15, -0.1) is 11.3 Å². The standard InChI is InChI=1S/C10H8N2OS/c11-10(13)8-4-2-1-3-7(8)9-5-12-6-14-9/h1-6H,(H2,11,13). The van der Waals surface area contributed by atoms with Crippen LogP contribution in [-0.2, 0) is 0 Å². The molecule has 70 valence electrons. The molecule has 2 N–H and O–H groups in total. The van der Waals surface area contributed by atoms with Crippen molar-refractivity contribution in [3.63, 3.8) is 0 Å². The highest BCUT2D eigenvalue weighted by molar-refractivity contribution is 7.13. The van der Waals surface area contributed by atoms with Crippen LogP contribution in [0.15, 0.2) is 36.0 Å². The highest BCUT2D eigenvalue weighted by atomic mass is 32.1. The highest BCUT2D eigenvalue weighted by Gasteiger charge is 2.09. The molecule has 4 heteroatoms. The third kappa shape index (κ3) is 1.52. The molecule has 0 spiro atoms. The fourth-order valence-electron chi connectivity index (χ4n) is 1.26. The van der Waals surface area contributed by atoms with Crippen LogP contribution in [0.2, 0.25) is 0 Å². The Bertz CT molecular complexity index is 451. The van der Waals surface area contributed by atoms with E-state index in [9.17, 15) is 4.79 Å². The second kappa shape index (κ2) is 3.59. The Hall–Kier alpha value is -1.68. The monoisotopic (exact) mass is 204 g/mol. The van der Waals surface area contributed by atoms with Gasteiger partial charge in [0.1, 0.15) is 0 Å². The first-order valence-corrected chi connectivity index (χ1v) is 4.94. The molecule has 0 bridgehead atoms. The van der Waals surface area contributed by atoms with Crippen molar-refractivity contribution >= 4 is 17.2 Å². The Labute approximate surface area is 85.2 Å². The molecule has 1 aromatic heterocycles. The normalized spacial score (nSPS) is 10.0. The van der Waals surface area contributed by atoms with Gasteiger partial charge in [-0.2, -0.15) is 0 Å². The van der Waals surface area contributed by atoms with E-state index in [1.165, 1.54) is 11.3 Å². The van der Waals surface area contributed by atoms with Gasteiger partial charge in [-0.3, -0.25) is 9.78 Å². The van der Waals surface area contributed by atoms with Crippen LogP contribution >= 0.6 is 11.3 Å². The predicted octanol–water partition coefficient (Wildman–Crippen LogP) is 1.91. The number of nitrogens with two attached hydrogens (primary N) is 1. The molecule has 0 radical (unpaired) electrons. The number of aromatic nitrogens is 1. The molecule has 1 heterocycles. The van der Waals surface area contributed by atoms with Crippen LogP contribution < -0.4 is 5.73 Å². The number of primary amides is 1. The summed E-state index contributed by atoms with van der Waals surface area (Å²) in [5, 5.41) is 0. The number of nitrogens with zero attached hydrogens (tertiary/aromatic N) is 1. The summed E-state index contributed by atoms with van der Waals surface area (Å²) in [4.78, 5) is 16.0. The Morgan fingerprint density at radius 2 is 2.14 bits per heavy atom. The molecule has 0 unspecified atom stereocenters. The molecule has 1 amide bonds. The van der Waals surface area contributed by atoms with Crippen molar-refractivity contribution in [2.24, 2.45) is 5.73 Å². The first-order chi connectivity index (χ1) is 6.79. The predicted molar refractivity (Wildman–Crippen MR) is 56.1 cm³/mol. The van der Waals surface area contributed by atoms with Gasteiger partial charge in [-0.05, 0) is 6.07 Å². The maximum atomic E-state index is 11.1. The first-order valence-electron chi connectivity index (χ1n) is 4.07. The van der Waals surface area contributed by atoms with Crippen LogP contribution in [0.3, 0.4) is 0 Å². The smallest absolute Gasteiger partial charge is 0.249 e. The molecule has 3 nitrogen and oxygen atoms in total. The minimum absolute atomic E-state index is 0.408. The highest BCUT2D eigenvalue weighted by Crippen LogP contribution is 2.26. The molecule has 14 heavy (non-hydrogen) atoms. The van der Waals surface area contributed by atoms with E-state index in [1.807, 2.05) is 12.1 Å². The molecular weight excluding hydrogens is 196 g/mol. The van der Waals surface area contributed by atoms with Gasteiger partial charge in [0.05, 0.1) is 10.4 Å². The summed E-state index contributed by atoms with van der Waals surface area (Å²) in [7, 11) is 0. The average Bonchev–Trinajstić information content (AvgIpc) is 2.70. The number of hydrogen-bond acceptors (Lipinski definition) is 3. The molecule has 0 saturated heterocycles. The summed E-state index contributed by atoms with van der Waals surface area (Å²) in [6.07, 6.45) is 1.73. The number of rotatable bonds is 2. The van der Waals surface area contributed by atoms with Gasteiger partial charge in [-0.1, -0.05) is 18.2 Å². The van der Waals surface area contributed by atoms with Gasteiger partial charge in [-0.25, -0.2) is 0 Å². The van der Waals surface area contributed by atoms with E-state index >= 15 is 0 Å². The lowest BCUT2D eigenvalue weighted by atomic mass is 10.1. The average molecular weight is 204 g/mol. The first kappa shape index (κ1) is 8.90. The van der Waals surface area contributed by atoms with Crippen LogP contribution in [0.25, 0.3) is 10.4 Å². The molecule has 0 aliphatic carbocycles.